The molecule has 134 valence electrons. The van der Waals surface area contributed by atoms with E-state index in [2.05, 4.69) is 27.7 Å². The topological polar surface area (TPSA) is 66.8 Å². The standard InChI is InChI=1S/C20H30O4/c1-11-12-8-15(21)17-18(2,3)6-5-7-19(17,4)14(12)10-20(23)13(11)9-16(22)24-20/h9,11-12,14-15,17,21,23H,5-8,10H2,1-4H3. The van der Waals surface area contributed by atoms with Crippen molar-refractivity contribution in [2.75, 3.05) is 0 Å². The van der Waals surface area contributed by atoms with E-state index >= 15 is 0 Å². The maximum Gasteiger partial charge on any atom is 0.333 e. The summed E-state index contributed by atoms with van der Waals surface area (Å²) in [6, 6.07) is 0. The second-order valence-corrected chi connectivity index (χ2v) is 9.70. The molecule has 0 spiro atoms. The van der Waals surface area contributed by atoms with E-state index < -0.39 is 11.8 Å². The van der Waals surface area contributed by atoms with Gasteiger partial charge in [-0.2, -0.15) is 0 Å². The van der Waals surface area contributed by atoms with Gasteiger partial charge in [0.2, 0.25) is 5.79 Å². The molecule has 4 heteroatoms. The Bertz CT molecular complexity index is 609. The molecular formula is C20H30O4. The first-order chi connectivity index (χ1) is 11.1. The van der Waals surface area contributed by atoms with E-state index in [9.17, 15) is 15.0 Å². The first-order valence-electron chi connectivity index (χ1n) is 9.44. The molecule has 0 amide bonds. The molecule has 4 rings (SSSR count). The molecule has 0 saturated heterocycles. The fourth-order valence-electron chi connectivity index (χ4n) is 7.18. The molecule has 7 unspecified atom stereocenters. The smallest absolute Gasteiger partial charge is 0.333 e. The van der Waals surface area contributed by atoms with Gasteiger partial charge >= 0.3 is 5.97 Å². The van der Waals surface area contributed by atoms with Crippen molar-refractivity contribution >= 4 is 5.97 Å². The average molecular weight is 334 g/mol. The van der Waals surface area contributed by atoms with E-state index in [0.717, 1.165) is 31.3 Å². The summed E-state index contributed by atoms with van der Waals surface area (Å²) >= 11 is 0. The number of hydrogen-bond donors (Lipinski definition) is 2. The summed E-state index contributed by atoms with van der Waals surface area (Å²) in [7, 11) is 0. The summed E-state index contributed by atoms with van der Waals surface area (Å²) in [6.07, 6.45) is 5.79. The first-order valence-corrected chi connectivity index (χ1v) is 9.44. The molecule has 0 aromatic rings. The second-order valence-electron chi connectivity index (χ2n) is 9.70. The van der Waals surface area contributed by atoms with Gasteiger partial charge in [0.25, 0.3) is 0 Å². The molecule has 24 heavy (non-hydrogen) atoms. The number of carbonyl (C=O) groups is 1. The lowest BCUT2D eigenvalue weighted by molar-refractivity contribution is -0.235. The normalized spacial score (nSPS) is 52.7. The van der Waals surface area contributed by atoms with Crippen LogP contribution in [0.2, 0.25) is 0 Å². The number of hydrogen-bond acceptors (Lipinski definition) is 4. The van der Waals surface area contributed by atoms with Crippen molar-refractivity contribution in [1.82, 2.24) is 0 Å². The summed E-state index contributed by atoms with van der Waals surface area (Å²) in [5.74, 6) is -0.972. The van der Waals surface area contributed by atoms with E-state index in [1.165, 1.54) is 6.08 Å². The maximum atomic E-state index is 11.8. The number of rotatable bonds is 0. The highest BCUT2D eigenvalue weighted by Gasteiger charge is 2.64. The van der Waals surface area contributed by atoms with Crippen LogP contribution in [0.4, 0.5) is 0 Å². The molecule has 4 nitrogen and oxygen atoms in total. The molecule has 4 aliphatic rings. The van der Waals surface area contributed by atoms with Crippen LogP contribution in [0.25, 0.3) is 0 Å². The van der Waals surface area contributed by atoms with Crippen molar-refractivity contribution in [1.29, 1.82) is 0 Å². The predicted molar refractivity (Wildman–Crippen MR) is 89.7 cm³/mol. The van der Waals surface area contributed by atoms with Crippen LogP contribution in [0.1, 0.15) is 59.8 Å². The van der Waals surface area contributed by atoms with Crippen LogP contribution < -0.4 is 0 Å². The summed E-state index contributed by atoms with van der Waals surface area (Å²) in [5, 5.41) is 22.1. The molecule has 3 saturated carbocycles. The highest BCUT2D eigenvalue weighted by atomic mass is 16.7. The minimum atomic E-state index is -1.42. The fourth-order valence-corrected chi connectivity index (χ4v) is 7.18. The number of carbonyl (C=O) groups excluding carboxylic acids is 1. The Labute approximate surface area is 144 Å². The van der Waals surface area contributed by atoms with Crippen molar-refractivity contribution in [3.05, 3.63) is 11.6 Å². The lowest BCUT2D eigenvalue weighted by Gasteiger charge is -2.64. The van der Waals surface area contributed by atoms with Gasteiger partial charge in [0.05, 0.1) is 6.10 Å². The number of fused-ring (bicyclic) bond motifs is 4. The van der Waals surface area contributed by atoms with E-state index in [1.807, 2.05) is 0 Å². The largest absolute Gasteiger partial charge is 0.426 e. The minimum absolute atomic E-state index is 0.0192. The third-order valence-electron chi connectivity index (χ3n) is 7.97. The molecule has 3 aliphatic carbocycles. The van der Waals surface area contributed by atoms with E-state index in [1.54, 1.807) is 0 Å². The number of esters is 1. The Morgan fingerprint density at radius 2 is 1.96 bits per heavy atom. The van der Waals surface area contributed by atoms with E-state index in [4.69, 9.17) is 4.74 Å². The monoisotopic (exact) mass is 334 g/mol. The van der Waals surface area contributed by atoms with Crippen molar-refractivity contribution in [3.63, 3.8) is 0 Å². The van der Waals surface area contributed by atoms with Crippen LogP contribution in [0, 0.1) is 34.5 Å². The average Bonchev–Trinajstić information content (AvgIpc) is 2.75. The highest BCUT2D eigenvalue weighted by Crippen LogP contribution is 2.66. The molecular weight excluding hydrogens is 304 g/mol. The van der Waals surface area contributed by atoms with Gasteiger partial charge in [-0.1, -0.05) is 34.1 Å². The zero-order valence-electron chi connectivity index (χ0n) is 15.2. The van der Waals surface area contributed by atoms with Crippen molar-refractivity contribution in [2.24, 2.45) is 34.5 Å². The van der Waals surface area contributed by atoms with Crippen molar-refractivity contribution in [2.45, 2.75) is 71.7 Å². The number of ether oxygens (including phenoxy) is 1. The third kappa shape index (κ3) is 2.02. The van der Waals surface area contributed by atoms with Gasteiger partial charge in [-0.05, 0) is 53.8 Å². The van der Waals surface area contributed by atoms with Gasteiger partial charge in [0.15, 0.2) is 0 Å². The minimum Gasteiger partial charge on any atom is -0.426 e. The number of aliphatic hydroxyl groups is 2. The second kappa shape index (κ2) is 4.85. The molecule has 0 aromatic heterocycles. The van der Waals surface area contributed by atoms with Crippen molar-refractivity contribution in [3.8, 4) is 0 Å². The van der Waals surface area contributed by atoms with Crippen LogP contribution in [0.3, 0.4) is 0 Å². The van der Waals surface area contributed by atoms with Crippen LogP contribution in [-0.2, 0) is 9.53 Å². The molecule has 3 fully saturated rings. The lowest BCUT2D eigenvalue weighted by atomic mass is 9.42. The van der Waals surface area contributed by atoms with Crippen molar-refractivity contribution < 1.29 is 19.7 Å². The van der Waals surface area contributed by atoms with Crippen LogP contribution in [0.15, 0.2) is 11.6 Å². The maximum absolute atomic E-state index is 11.8. The fraction of sp³-hybridized carbons (Fsp3) is 0.850. The molecule has 0 aromatic carbocycles. The van der Waals surface area contributed by atoms with Crippen LogP contribution in [0.5, 0.6) is 0 Å². The zero-order valence-corrected chi connectivity index (χ0v) is 15.2. The van der Waals surface area contributed by atoms with E-state index in [-0.39, 0.29) is 34.7 Å². The Hall–Kier alpha value is -0.870. The molecule has 7 atom stereocenters. The highest BCUT2D eigenvalue weighted by molar-refractivity contribution is 5.86. The first kappa shape index (κ1) is 16.6. The summed E-state index contributed by atoms with van der Waals surface area (Å²) in [4.78, 5) is 11.8. The van der Waals surface area contributed by atoms with E-state index in [0.29, 0.717) is 12.3 Å². The van der Waals surface area contributed by atoms with Crippen LogP contribution in [-0.4, -0.2) is 28.1 Å². The van der Waals surface area contributed by atoms with Gasteiger partial charge in [0.1, 0.15) is 0 Å². The number of aliphatic hydroxyl groups excluding tert-OH is 1. The molecule has 1 heterocycles. The van der Waals surface area contributed by atoms with Gasteiger partial charge < -0.3 is 14.9 Å². The Morgan fingerprint density at radius 3 is 2.67 bits per heavy atom. The van der Waals surface area contributed by atoms with Gasteiger partial charge in [-0.25, -0.2) is 4.79 Å². The van der Waals surface area contributed by atoms with Gasteiger partial charge in [-0.3, -0.25) is 0 Å². The summed E-state index contributed by atoms with van der Waals surface area (Å²) < 4.78 is 5.34. The zero-order chi connectivity index (χ0) is 17.5. The Morgan fingerprint density at radius 1 is 1.25 bits per heavy atom. The lowest BCUT2D eigenvalue weighted by Crippen LogP contribution is -2.62. The molecule has 0 radical (unpaired) electrons. The van der Waals surface area contributed by atoms with Crippen LogP contribution >= 0.6 is 0 Å². The third-order valence-corrected chi connectivity index (χ3v) is 7.97. The summed E-state index contributed by atoms with van der Waals surface area (Å²) in [6.45, 7) is 8.95. The summed E-state index contributed by atoms with van der Waals surface area (Å²) in [5.41, 5.74) is 0.804. The SMILES string of the molecule is CC1C2=CC(=O)OC2(O)CC2C1CC(O)C1C(C)(C)CCCC21C. The van der Waals surface area contributed by atoms with Gasteiger partial charge in [-0.15, -0.1) is 0 Å². The molecule has 2 N–H and O–H groups in total. The molecule has 1 aliphatic heterocycles. The molecule has 0 bridgehead atoms. The predicted octanol–water partition coefficient (Wildman–Crippen LogP) is 3.03. The Balaban J connectivity index is 1.78. The Kier molecular flexibility index (Phi) is 3.35. The quantitative estimate of drug-likeness (QED) is 0.668. The van der Waals surface area contributed by atoms with Gasteiger partial charge in [0, 0.05) is 18.1 Å².